The van der Waals surface area contributed by atoms with Crippen LogP contribution in [0.5, 0.6) is 0 Å². The van der Waals surface area contributed by atoms with E-state index in [1.165, 1.54) is 19.3 Å². The van der Waals surface area contributed by atoms with Crippen LogP contribution in [0.2, 0.25) is 0 Å². The zero-order valence-electron chi connectivity index (χ0n) is 12.6. The van der Waals surface area contributed by atoms with E-state index in [4.69, 9.17) is 5.73 Å². The third kappa shape index (κ3) is 5.19. The normalized spacial score (nSPS) is 16.7. The number of nitrogens with zero attached hydrogens (tertiary/aromatic N) is 2. The van der Waals surface area contributed by atoms with Crippen LogP contribution in [0.1, 0.15) is 38.2 Å². The number of hydrazone groups is 1. The Labute approximate surface area is 126 Å². The molecule has 1 fully saturated rings. The minimum Gasteiger partial charge on any atom is -0.399 e. The topological polar surface area (TPSA) is 70.7 Å². The van der Waals surface area contributed by atoms with Crippen LogP contribution in [0.25, 0.3) is 0 Å². The van der Waals surface area contributed by atoms with Crippen LogP contribution in [0.3, 0.4) is 0 Å². The van der Waals surface area contributed by atoms with Gasteiger partial charge in [-0.1, -0.05) is 18.6 Å². The first-order valence-corrected chi connectivity index (χ1v) is 7.56. The van der Waals surface area contributed by atoms with Gasteiger partial charge < -0.3 is 10.6 Å². The minimum absolute atomic E-state index is 0.0381. The van der Waals surface area contributed by atoms with Crippen molar-refractivity contribution in [1.82, 2.24) is 10.3 Å². The molecule has 0 atom stereocenters. The number of anilines is 1. The molecule has 1 aliphatic heterocycles. The molecule has 0 saturated carbocycles. The lowest BCUT2D eigenvalue weighted by molar-refractivity contribution is -0.121. The van der Waals surface area contributed by atoms with Crippen LogP contribution in [0.15, 0.2) is 29.4 Å². The SMILES string of the molecule is C/C(=N\NC(=O)CCN1CCCCC1)c1cccc(N)c1. The quantitative estimate of drug-likeness (QED) is 0.494. The summed E-state index contributed by atoms with van der Waals surface area (Å²) in [5, 5.41) is 4.14. The van der Waals surface area contributed by atoms with Gasteiger partial charge in [0, 0.05) is 18.7 Å². The molecule has 0 unspecified atom stereocenters. The van der Waals surface area contributed by atoms with E-state index >= 15 is 0 Å². The molecular formula is C16H24N4O. The lowest BCUT2D eigenvalue weighted by atomic mass is 10.1. The molecule has 1 saturated heterocycles. The van der Waals surface area contributed by atoms with Crippen molar-refractivity contribution in [3.8, 4) is 0 Å². The van der Waals surface area contributed by atoms with Crippen molar-refractivity contribution >= 4 is 17.3 Å². The van der Waals surface area contributed by atoms with Crippen molar-refractivity contribution in [2.75, 3.05) is 25.4 Å². The second kappa shape index (κ2) is 7.78. The first kappa shape index (κ1) is 15.5. The van der Waals surface area contributed by atoms with E-state index in [-0.39, 0.29) is 5.91 Å². The van der Waals surface area contributed by atoms with E-state index < -0.39 is 0 Å². The molecule has 0 aromatic heterocycles. The summed E-state index contributed by atoms with van der Waals surface area (Å²) in [5.74, 6) is -0.0381. The number of nitrogens with two attached hydrogens (primary N) is 1. The maximum Gasteiger partial charge on any atom is 0.241 e. The van der Waals surface area contributed by atoms with Crippen molar-refractivity contribution in [1.29, 1.82) is 0 Å². The largest absolute Gasteiger partial charge is 0.399 e. The van der Waals surface area contributed by atoms with Crippen molar-refractivity contribution < 1.29 is 4.79 Å². The van der Waals surface area contributed by atoms with Crippen LogP contribution in [-0.2, 0) is 4.79 Å². The van der Waals surface area contributed by atoms with Gasteiger partial charge in [0.1, 0.15) is 0 Å². The molecular weight excluding hydrogens is 264 g/mol. The molecule has 1 amide bonds. The summed E-state index contributed by atoms with van der Waals surface area (Å²) in [4.78, 5) is 14.2. The predicted molar refractivity (Wildman–Crippen MR) is 86.1 cm³/mol. The first-order valence-electron chi connectivity index (χ1n) is 7.56. The standard InChI is InChI=1S/C16H24N4O/c1-13(14-6-5-7-15(17)12-14)18-19-16(21)8-11-20-9-3-2-4-10-20/h5-7,12H,2-4,8-11,17H2,1H3,(H,19,21)/b18-13+. The third-order valence-electron chi connectivity index (χ3n) is 3.76. The Hall–Kier alpha value is -1.88. The number of hydrogen-bond acceptors (Lipinski definition) is 4. The zero-order valence-corrected chi connectivity index (χ0v) is 12.6. The lowest BCUT2D eigenvalue weighted by Gasteiger charge is -2.25. The van der Waals surface area contributed by atoms with E-state index in [1.807, 2.05) is 31.2 Å². The van der Waals surface area contributed by atoms with Crippen LogP contribution in [0.4, 0.5) is 5.69 Å². The Balaban J connectivity index is 1.78. The molecule has 0 spiro atoms. The Kier molecular flexibility index (Phi) is 5.75. The van der Waals surface area contributed by atoms with Gasteiger partial charge in [-0.3, -0.25) is 4.79 Å². The van der Waals surface area contributed by atoms with Gasteiger partial charge in [0.15, 0.2) is 0 Å². The monoisotopic (exact) mass is 288 g/mol. The highest BCUT2D eigenvalue weighted by Crippen LogP contribution is 2.09. The molecule has 114 valence electrons. The van der Waals surface area contributed by atoms with E-state index in [0.717, 1.165) is 30.9 Å². The molecule has 3 N–H and O–H groups in total. The number of amides is 1. The zero-order chi connectivity index (χ0) is 15.1. The first-order chi connectivity index (χ1) is 10.1. The van der Waals surface area contributed by atoms with Gasteiger partial charge in [-0.15, -0.1) is 0 Å². The van der Waals surface area contributed by atoms with E-state index in [2.05, 4.69) is 15.4 Å². The van der Waals surface area contributed by atoms with E-state index in [9.17, 15) is 4.79 Å². The lowest BCUT2D eigenvalue weighted by Crippen LogP contribution is -2.33. The summed E-state index contributed by atoms with van der Waals surface area (Å²) in [6.07, 6.45) is 4.29. The van der Waals surface area contributed by atoms with Gasteiger partial charge in [-0.2, -0.15) is 5.10 Å². The summed E-state index contributed by atoms with van der Waals surface area (Å²) in [6.45, 7) is 4.90. The summed E-state index contributed by atoms with van der Waals surface area (Å²) in [7, 11) is 0. The molecule has 5 nitrogen and oxygen atoms in total. The number of nitrogens with one attached hydrogen (secondary N) is 1. The highest BCUT2D eigenvalue weighted by atomic mass is 16.2. The Morgan fingerprint density at radius 2 is 2.10 bits per heavy atom. The van der Waals surface area contributed by atoms with E-state index in [1.54, 1.807) is 0 Å². The molecule has 0 bridgehead atoms. The smallest absolute Gasteiger partial charge is 0.241 e. The molecule has 0 aliphatic carbocycles. The Morgan fingerprint density at radius 3 is 2.81 bits per heavy atom. The second-order valence-corrected chi connectivity index (χ2v) is 5.51. The van der Waals surface area contributed by atoms with Crippen LogP contribution >= 0.6 is 0 Å². The van der Waals surface area contributed by atoms with Crippen LogP contribution in [0, 0.1) is 0 Å². The molecule has 1 aromatic rings. The number of carbonyl (C=O) groups excluding carboxylic acids is 1. The molecule has 21 heavy (non-hydrogen) atoms. The average molecular weight is 288 g/mol. The fourth-order valence-electron chi connectivity index (χ4n) is 2.47. The fourth-order valence-corrected chi connectivity index (χ4v) is 2.47. The minimum atomic E-state index is -0.0381. The molecule has 1 aromatic carbocycles. The molecule has 5 heteroatoms. The molecule has 1 aliphatic rings. The average Bonchev–Trinajstić information content (AvgIpc) is 2.51. The van der Waals surface area contributed by atoms with Crippen LogP contribution < -0.4 is 11.2 Å². The van der Waals surface area contributed by atoms with Gasteiger partial charge in [0.25, 0.3) is 0 Å². The third-order valence-corrected chi connectivity index (χ3v) is 3.76. The fraction of sp³-hybridized carbons (Fsp3) is 0.500. The molecule has 2 rings (SSSR count). The number of benzene rings is 1. The number of carbonyl (C=O) groups is 1. The summed E-state index contributed by atoms with van der Waals surface area (Å²) in [5.41, 5.74) is 10.7. The predicted octanol–water partition coefficient (Wildman–Crippen LogP) is 1.98. The maximum atomic E-state index is 11.8. The highest BCUT2D eigenvalue weighted by Gasteiger charge is 2.11. The molecule has 0 radical (unpaired) electrons. The van der Waals surface area contributed by atoms with Gasteiger partial charge in [-0.25, -0.2) is 5.43 Å². The number of nitrogen functional groups attached to an aromatic ring is 1. The van der Waals surface area contributed by atoms with Gasteiger partial charge >= 0.3 is 0 Å². The maximum absolute atomic E-state index is 11.8. The number of piperidine rings is 1. The Bertz CT molecular complexity index is 507. The van der Waals surface area contributed by atoms with Crippen LogP contribution in [-0.4, -0.2) is 36.2 Å². The van der Waals surface area contributed by atoms with Crippen molar-refractivity contribution in [2.45, 2.75) is 32.6 Å². The molecule has 1 heterocycles. The highest BCUT2D eigenvalue weighted by molar-refractivity contribution is 5.99. The van der Waals surface area contributed by atoms with Crippen molar-refractivity contribution in [2.24, 2.45) is 5.10 Å². The van der Waals surface area contributed by atoms with Crippen molar-refractivity contribution in [3.63, 3.8) is 0 Å². The van der Waals surface area contributed by atoms with Gasteiger partial charge in [-0.05, 0) is 50.6 Å². The number of hydrogen-bond donors (Lipinski definition) is 2. The number of likely N-dealkylation sites (tertiary alicyclic amines) is 1. The van der Waals surface area contributed by atoms with Gasteiger partial charge in [0.05, 0.1) is 5.71 Å². The Morgan fingerprint density at radius 1 is 1.33 bits per heavy atom. The van der Waals surface area contributed by atoms with Gasteiger partial charge in [0.2, 0.25) is 5.91 Å². The summed E-state index contributed by atoms with van der Waals surface area (Å²) >= 11 is 0. The number of rotatable bonds is 5. The van der Waals surface area contributed by atoms with Crippen molar-refractivity contribution in [3.05, 3.63) is 29.8 Å². The summed E-state index contributed by atoms with van der Waals surface area (Å²) in [6, 6.07) is 7.48. The second-order valence-electron chi connectivity index (χ2n) is 5.51. The summed E-state index contributed by atoms with van der Waals surface area (Å²) < 4.78 is 0. The van der Waals surface area contributed by atoms with E-state index in [0.29, 0.717) is 12.1 Å².